The Kier molecular flexibility index (Phi) is 6.22. The number of ether oxygens (including phenoxy) is 1. The third-order valence-corrected chi connectivity index (χ3v) is 5.82. The highest BCUT2D eigenvalue weighted by molar-refractivity contribution is 6.53. The summed E-state index contributed by atoms with van der Waals surface area (Å²) in [6.45, 7) is 5.76. The number of rotatable bonds is 5. The molecule has 34 heavy (non-hydrogen) atoms. The molecule has 3 aromatic carbocycles. The van der Waals surface area contributed by atoms with Crippen LogP contribution in [-0.2, 0) is 9.59 Å². The van der Waals surface area contributed by atoms with Gasteiger partial charge >= 0.3 is 5.97 Å². The summed E-state index contributed by atoms with van der Waals surface area (Å²) < 4.78 is 18.8. The lowest BCUT2D eigenvalue weighted by molar-refractivity contribution is -0.120. The highest BCUT2D eigenvalue weighted by Gasteiger charge is 2.39. The van der Waals surface area contributed by atoms with Gasteiger partial charge < -0.3 is 10.1 Å². The summed E-state index contributed by atoms with van der Waals surface area (Å²) in [6.07, 6.45) is 0. The van der Waals surface area contributed by atoms with Crippen LogP contribution >= 0.6 is 11.6 Å². The molecule has 0 aromatic heterocycles. The second kappa shape index (κ2) is 9.11. The quantitative estimate of drug-likeness (QED) is 0.301. The molecule has 4 rings (SSSR count). The van der Waals surface area contributed by atoms with Gasteiger partial charge in [0.1, 0.15) is 22.3 Å². The van der Waals surface area contributed by atoms with Crippen molar-refractivity contribution in [3.05, 3.63) is 99.5 Å². The summed E-state index contributed by atoms with van der Waals surface area (Å²) in [6, 6.07) is 15.0. The number of aryl methyl sites for hydroxylation is 2. The number of amides is 2. The molecule has 0 fully saturated rings. The smallest absolute Gasteiger partial charge is 0.343 e. The molecule has 0 saturated carbocycles. The Hall–Kier alpha value is -3.97. The molecule has 8 heteroatoms. The second-order valence-electron chi connectivity index (χ2n) is 7.91. The van der Waals surface area contributed by atoms with Gasteiger partial charge in [0.2, 0.25) is 0 Å². The van der Waals surface area contributed by atoms with Crippen LogP contribution in [0.25, 0.3) is 0 Å². The van der Waals surface area contributed by atoms with Crippen LogP contribution in [0.3, 0.4) is 0 Å². The van der Waals surface area contributed by atoms with Gasteiger partial charge in [0.15, 0.2) is 0 Å². The lowest BCUT2D eigenvalue weighted by Gasteiger charge is -2.15. The first kappa shape index (κ1) is 23.2. The van der Waals surface area contributed by atoms with E-state index in [2.05, 4.69) is 5.32 Å². The van der Waals surface area contributed by atoms with E-state index >= 15 is 0 Å². The molecular weight excluding hydrogens is 459 g/mol. The number of carbonyl (C=O) groups is 3. The van der Waals surface area contributed by atoms with E-state index in [1.165, 1.54) is 24.3 Å². The van der Waals surface area contributed by atoms with Crippen LogP contribution in [-0.4, -0.2) is 17.8 Å². The van der Waals surface area contributed by atoms with E-state index in [9.17, 15) is 18.8 Å². The number of carbonyl (C=O) groups excluding carboxylic acids is 3. The van der Waals surface area contributed by atoms with Crippen molar-refractivity contribution in [2.24, 2.45) is 0 Å². The van der Waals surface area contributed by atoms with Gasteiger partial charge in [-0.1, -0.05) is 17.7 Å². The average molecular weight is 479 g/mol. The van der Waals surface area contributed by atoms with Gasteiger partial charge in [0.25, 0.3) is 11.8 Å². The highest BCUT2D eigenvalue weighted by atomic mass is 35.5. The normalized spacial score (nSPS) is 13.5. The van der Waals surface area contributed by atoms with Gasteiger partial charge in [-0.15, -0.1) is 0 Å². The Morgan fingerprint density at radius 3 is 2.24 bits per heavy atom. The lowest BCUT2D eigenvalue weighted by Crippen LogP contribution is -2.32. The minimum absolute atomic E-state index is 0.114. The lowest BCUT2D eigenvalue weighted by atomic mass is 10.1. The molecule has 3 aromatic rings. The van der Waals surface area contributed by atoms with Crippen molar-refractivity contribution < 1.29 is 23.5 Å². The number of nitrogens with zero attached hydrogens (tertiary/aromatic N) is 1. The predicted molar refractivity (Wildman–Crippen MR) is 127 cm³/mol. The number of halogens is 2. The fraction of sp³-hybridized carbons (Fsp3) is 0.115. The Labute approximate surface area is 200 Å². The molecule has 172 valence electrons. The van der Waals surface area contributed by atoms with E-state index in [-0.39, 0.29) is 16.4 Å². The third-order valence-electron chi connectivity index (χ3n) is 5.47. The molecular formula is C26H20ClFN2O4. The molecule has 1 N–H and O–H groups in total. The minimum atomic E-state index is -0.718. The van der Waals surface area contributed by atoms with Crippen LogP contribution in [0.2, 0.25) is 0 Å². The molecule has 0 atom stereocenters. The summed E-state index contributed by atoms with van der Waals surface area (Å²) in [7, 11) is 0. The first-order valence-corrected chi connectivity index (χ1v) is 10.7. The first-order valence-electron chi connectivity index (χ1n) is 10.4. The molecule has 2 amide bonds. The molecule has 1 heterocycles. The second-order valence-corrected chi connectivity index (χ2v) is 8.29. The fourth-order valence-corrected chi connectivity index (χ4v) is 3.75. The van der Waals surface area contributed by atoms with Crippen molar-refractivity contribution in [1.29, 1.82) is 0 Å². The maximum absolute atomic E-state index is 13.2. The standard InChI is InChI=1S/C26H20ClFN2O4/c1-14-12-15(2)16(3)21(13-14)34-26(33)17-4-8-19(9-5-17)29-23-22(27)24(31)30(25(23)32)20-10-6-18(28)7-11-20/h4-13,29H,1-3H3. The topological polar surface area (TPSA) is 75.7 Å². The van der Waals surface area contributed by atoms with Crippen molar-refractivity contribution in [1.82, 2.24) is 0 Å². The Balaban J connectivity index is 1.49. The van der Waals surface area contributed by atoms with Gasteiger partial charge in [-0.25, -0.2) is 14.1 Å². The molecule has 0 saturated heterocycles. The zero-order chi connectivity index (χ0) is 24.6. The van der Waals surface area contributed by atoms with Crippen LogP contribution in [0.5, 0.6) is 5.75 Å². The van der Waals surface area contributed by atoms with E-state index in [0.29, 0.717) is 17.0 Å². The molecule has 0 bridgehead atoms. The Bertz CT molecular complexity index is 1350. The molecule has 1 aliphatic heterocycles. The zero-order valence-electron chi connectivity index (χ0n) is 18.6. The summed E-state index contributed by atoms with van der Waals surface area (Å²) in [5.74, 6) is -1.91. The monoisotopic (exact) mass is 478 g/mol. The maximum atomic E-state index is 13.2. The summed E-state index contributed by atoms with van der Waals surface area (Å²) in [5, 5.41) is 2.54. The van der Waals surface area contributed by atoms with Crippen molar-refractivity contribution >= 4 is 40.8 Å². The zero-order valence-corrected chi connectivity index (χ0v) is 19.4. The van der Waals surface area contributed by atoms with E-state index in [1.54, 1.807) is 18.2 Å². The molecule has 6 nitrogen and oxygen atoms in total. The number of benzene rings is 3. The summed E-state index contributed by atoms with van der Waals surface area (Å²) >= 11 is 6.12. The molecule has 0 aliphatic carbocycles. The van der Waals surface area contributed by atoms with E-state index in [0.717, 1.165) is 33.7 Å². The van der Waals surface area contributed by atoms with Crippen LogP contribution in [0.4, 0.5) is 15.8 Å². The average Bonchev–Trinajstić information content (AvgIpc) is 3.01. The highest BCUT2D eigenvalue weighted by Crippen LogP contribution is 2.30. The van der Waals surface area contributed by atoms with E-state index < -0.39 is 23.6 Å². The van der Waals surface area contributed by atoms with Crippen LogP contribution in [0, 0.1) is 26.6 Å². The molecule has 0 radical (unpaired) electrons. The van der Waals surface area contributed by atoms with E-state index in [1.807, 2.05) is 26.8 Å². The van der Waals surface area contributed by atoms with Crippen molar-refractivity contribution in [3.8, 4) is 5.75 Å². The van der Waals surface area contributed by atoms with E-state index in [4.69, 9.17) is 16.3 Å². The Morgan fingerprint density at radius 1 is 0.941 bits per heavy atom. The van der Waals surface area contributed by atoms with Gasteiger partial charge in [-0.2, -0.15) is 0 Å². The van der Waals surface area contributed by atoms with Crippen molar-refractivity contribution in [2.45, 2.75) is 20.8 Å². The SMILES string of the molecule is Cc1cc(C)c(C)c(OC(=O)c2ccc(NC3=C(Cl)C(=O)N(c4ccc(F)cc4)C3=O)cc2)c1. The fourth-order valence-electron chi connectivity index (χ4n) is 3.54. The van der Waals surface area contributed by atoms with Gasteiger partial charge in [0, 0.05) is 5.69 Å². The molecule has 1 aliphatic rings. The third kappa shape index (κ3) is 4.43. The summed E-state index contributed by atoms with van der Waals surface area (Å²) in [5.41, 5.74) is 3.73. The van der Waals surface area contributed by atoms with Crippen LogP contribution in [0.15, 0.2) is 71.4 Å². The first-order chi connectivity index (χ1) is 16.2. The number of nitrogens with one attached hydrogen (secondary N) is 1. The summed E-state index contributed by atoms with van der Waals surface area (Å²) in [4.78, 5) is 38.8. The van der Waals surface area contributed by atoms with Gasteiger partial charge in [0.05, 0.1) is 11.3 Å². The number of hydrogen-bond donors (Lipinski definition) is 1. The maximum Gasteiger partial charge on any atom is 0.343 e. The van der Waals surface area contributed by atoms with Gasteiger partial charge in [-0.05, 0) is 92.1 Å². The van der Waals surface area contributed by atoms with Crippen LogP contribution < -0.4 is 15.0 Å². The predicted octanol–water partition coefficient (Wildman–Crippen LogP) is 5.41. The number of esters is 1. The molecule has 0 spiro atoms. The molecule has 0 unspecified atom stereocenters. The Morgan fingerprint density at radius 2 is 1.59 bits per heavy atom. The van der Waals surface area contributed by atoms with Gasteiger partial charge in [-0.3, -0.25) is 9.59 Å². The number of imide groups is 1. The number of anilines is 2. The van der Waals surface area contributed by atoms with Crippen LogP contribution in [0.1, 0.15) is 27.0 Å². The minimum Gasteiger partial charge on any atom is -0.423 e. The number of hydrogen-bond acceptors (Lipinski definition) is 5. The van der Waals surface area contributed by atoms with Crippen molar-refractivity contribution in [2.75, 3.05) is 10.2 Å². The van der Waals surface area contributed by atoms with Crippen molar-refractivity contribution in [3.63, 3.8) is 0 Å². The largest absolute Gasteiger partial charge is 0.423 e.